The van der Waals surface area contributed by atoms with Gasteiger partial charge < -0.3 is 9.80 Å². The third kappa shape index (κ3) is 5.22. The first-order valence-electron chi connectivity index (χ1n) is 14.3. The number of hydrogen-bond acceptors (Lipinski definition) is 4. The van der Waals surface area contributed by atoms with Crippen LogP contribution in [-0.2, 0) is 0 Å². The molecule has 0 aliphatic carbocycles. The standard InChI is InChI=1S/C39H29N3O/c1-41(36-24-16-34(40-43)17-25-36)35-18-10-30(11-19-35)31-12-20-37(21-13-31)42(38-22-14-28-6-2-4-8-32(28)26-38)39-23-15-29-7-3-5-9-33(29)27-39/h2-27H,1H3. The molecule has 4 heteroatoms. The summed E-state index contributed by atoms with van der Waals surface area (Å²) < 4.78 is 0. The van der Waals surface area contributed by atoms with Crippen LogP contribution in [0.5, 0.6) is 0 Å². The minimum Gasteiger partial charge on any atom is -0.345 e. The molecular formula is C39H29N3O. The van der Waals surface area contributed by atoms with Gasteiger partial charge >= 0.3 is 0 Å². The van der Waals surface area contributed by atoms with Gasteiger partial charge in [-0.05, 0) is 111 Å². The quantitative estimate of drug-likeness (QED) is 0.184. The van der Waals surface area contributed by atoms with E-state index in [-0.39, 0.29) is 0 Å². The lowest BCUT2D eigenvalue weighted by atomic mass is 10.0. The molecule has 206 valence electrons. The first-order valence-corrected chi connectivity index (χ1v) is 14.3. The molecule has 4 nitrogen and oxygen atoms in total. The van der Waals surface area contributed by atoms with Gasteiger partial charge in [0, 0.05) is 35.5 Å². The van der Waals surface area contributed by atoms with E-state index in [0.717, 1.165) is 39.6 Å². The second-order valence-electron chi connectivity index (χ2n) is 10.7. The largest absolute Gasteiger partial charge is 0.345 e. The molecule has 7 aromatic carbocycles. The van der Waals surface area contributed by atoms with Crippen LogP contribution in [0.2, 0.25) is 0 Å². The predicted molar refractivity (Wildman–Crippen MR) is 182 cm³/mol. The van der Waals surface area contributed by atoms with E-state index < -0.39 is 0 Å². The highest BCUT2D eigenvalue weighted by molar-refractivity contribution is 5.92. The molecule has 0 spiro atoms. The smallest absolute Gasteiger partial charge is 0.108 e. The van der Waals surface area contributed by atoms with Crippen LogP contribution in [0.4, 0.5) is 34.1 Å². The second-order valence-corrected chi connectivity index (χ2v) is 10.7. The summed E-state index contributed by atoms with van der Waals surface area (Å²) in [6.45, 7) is 0. The average molecular weight is 556 g/mol. The molecule has 0 aliphatic heterocycles. The molecule has 0 aromatic heterocycles. The molecule has 0 N–H and O–H groups in total. The lowest BCUT2D eigenvalue weighted by Gasteiger charge is -2.26. The minimum absolute atomic E-state index is 0.427. The van der Waals surface area contributed by atoms with Crippen LogP contribution in [-0.4, -0.2) is 7.05 Å². The Hall–Kier alpha value is -5.74. The Morgan fingerprint density at radius 1 is 0.419 bits per heavy atom. The molecule has 0 bridgehead atoms. The first kappa shape index (κ1) is 26.2. The van der Waals surface area contributed by atoms with Crippen LogP contribution in [0.25, 0.3) is 32.7 Å². The van der Waals surface area contributed by atoms with Crippen LogP contribution in [0.3, 0.4) is 0 Å². The fourth-order valence-electron chi connectivity index (χ4n) is 5.65. The zero-order chi connectivity index (χ0) is 29.2. The first-order chi connectivity index (χ1) is 21.2. The maximum atomic E-state index is 10.8. The Labute approximate surface area is 251 Å². The Morgan fingerprint density at radius 3 is 1.28 bits per heavy atom. The van der Waals surface area contributed by atoms with Crippen LogP contribution in [0, 0.1) is 4.91 Å². The van der Waals surface area contributed by atoms with Crippen LogP contribution in [0.15, 0.2) is 163 Å². The summed E-state index contributed by atoms with van der Waals surface area (Å²) in [4.78, 5) is 15.2. The maximum absolute atomic E-state index is 10.8. The third-order valence-corrected chi connectivity index (χ3v) is 8.04. The molecule has 0 saturated heterocycles. The van der Waals surface area contributed by atoms with Crippen molar-refractivity contribution < 1.29 is 0 Å². The summed E-state index contributed by atoms with van der Waals surface area (Å²) in [5, 5.41) is 7.87. The van der Waals surface area contributed by atoms with E-state index in [1.807, 2.05) is 19.2 Å². The number of benzene rings is 7. The van der Waals surface area contributed by atoms with E-state index in [9.17, 15) is 4.91 Å². The lowest BCUT2D eigenvalue weighted by molar-refractivity contribution is 1.21. The van der Waals surface area contributed by atoms with E-state index in [1.54, 1.807) is 12.1 Å². The van der Waals surface area contributed by atoms with Crippen molar-refractivity contribution in [2.45, 2.75) is 0 Å². The van der Waals surface area contributed by atoms with Crippen molar-refractivity contribution in [1.82, 2.24) is 0 Å². The summed E-state index contributed by atoms with van der Waals surface area (Å²) in [5.74, 6) is 0. The fraction of sp³-hybridized carbons (Fsp3) is 0.0256. The van der Waals surface area contributed by atoms with Gasteiger partial charge in [-0.2, -0.15) is 0 Å². The number of hydrogen-bond donors (Lipinski definition) is 0. The van der Waals surface area contributed by atoms with E-state index in [2.05, 4.69) is 148 Å². The summed E-state index contributed by atoms with van der Waals surface area (Å²) in [6, 6.07) is 54.8. The molecule has 0 unspecified atom stereocenters. The molecule has 0 radical (unpaired) electrons. The number of nitrogens with zero attached hydrogens (tertiary/aromatic N) is 3. The summed E-state index contributed by atoms with van der Waals surface area (Å²) in [6.07, 6.45) is 0. The highest BCUT2D eigenvalue weighted by atomic mass is 16.3. The number of nitroso groups, excluding NO2 is 1. The van der Waals surface area contributed by atoms with Crippen LogP contribution >= 0.6 is 0 Å². The average Bonchev–Trinajstić information content (AvgIpc) is 3.08. The SMILES string of the molecule is CN(c1ccc(N=O)cc1)c1ccc(-c2ccc(N(c3ccc4ccccc4c3)c3ccc4ccccc4c3)cc2)cc1. The maximum Gasteiger partial charge on any atom is 0.108 e. The van der Waals surface area contributed by atoms with Gasteiger partial charge in [-0.25, -0.2) is 0 Å². The molecule has 7 rings (SSSR count). The zero-order valence-corrected chi connectivity index (χ0v) is 23.8. The fourth-order valence-corrected chi connectivity index (χ4v) is 5.65. The van der Waals surface area contributed by atoms with Gasteiger partial charge in [0.25, 0.3) is 0 Å². The van der Waals surface area contributed by atoms with Crippen molar-refractivity contribution in [3.8, 4) is 11.1 Å². The van der Waals surface area contributed by atoms with Gasteiger partial charge in [0.05, 0.1) is 0 Å². The Balaban J connectivity index is 1.22. The van der Waals surface area contributed by atoms with Crippen molar-refractivity contribution in [3.63, 3.8) is 0 Å². The molecular weight excluding hydrogens is 526 g/mol. The van der Waals surface area contributed by atoms with Gasteiger partial charge in [0.1, 0.15) is 5.69 Å². The van der Waals surface area contributed by atoms with Gasteiger partial charge in [0.2, 0.25) is 0 Å². The third-order valence-electron chi connectivity index (χ3n) is 8.04. The van der Waals surface area contributed by atoms with Crippen molar-refractivity contribution in [1.29, 1.82) is 0 Å². The van der Waals surface area contributed by atoms with Crippen molar-refractivity contribution >= 4 is 55.7 Å². The molecule has 7 aromatic rings. The van der Waals surface area contributed by atoms with E-state index >= 15 is 0 Å². The van der Waals surface area contributed by atoms with Crippen LogP contribution < -0.4 is 9.80 Å². The van der Waals surface area contributed by atoms with Crippen molar-refractivity contribution in [3.05, 3.63) is 163 Å². The summed E-state index contributed by atoms with van der Waals surface area (Å²) in [7, 11) is 2.02. The minimum atomic E-state index is 0.427. The molecule has 0 aliphatic rings. The highest BCUT2D eigenvalue weighted by Gasteiger charge is 2.14. The van der Waals surface area contributed by atoms with Gasteiger partial charge in [-0.1, -0.05) is 84.9 Å². The molecule has 0 heterocycles. The van der Waals surface area contributed by atoms with Crippen LogP contribution in [0.1, 0.15) is 0 Å². The summed E-state index contributed by atoms with van der Waals surface area (Å²) in [5.41, 5.74) is 8.10. The Bertz CT molecular complexity index is 1970. The lowest BCUT2D eigenvalue weighted by Crippen LogP contribution is -2.10. The molecule has 0 saturated carbocycles. The van der Waals surface area contributed by atoms with Crippen molar-refractivity contribution in [2.75, 3.05) is 16.8 Å². The normalized spacial score (nSPS) is 11.0. The van der Waals surface area contributed by atoms with E-state index in [4.69, 9.17) is 0 Å². The van der Waals surface area contributed by atoms with Gasteiger partial charge in [0.15, 0.2) is 0 Å². The number of rotatable bonds is 7. The zero-order valence-electron chi connectivity index (χ0n) is 23.8. The topological polar surface area (TPSA) is 35.9 Å². The Kier molecular flexibility index (Phi) is 6.86. The van der Waals surface area contributed by atoms with Gasteiger partial charge in [-0.15, -0.1) is 4.91 Å². The monoisotopic (exact) mass is 555 g/mol. The van der Waals surface area contributed by atoms with E-state index in [1.165, 1.54) is 21.5 Å². The molecule has 0 fully saturated rings. The van der Waals surface area contributed by atoms with Crippen molar-refractivity contribution in [2.24, 2.45) is 5.18 Å². The number of fused-ring (bicyclic) bond motifs is 2. The molecule has 0 amide bonds. The summed E-state index contributed by atoms with van der Waals surface area (Å²) >= 11 is 0. The predicted octanol–water partition coefficient (Wildman–Crippen LogP) is 11.3. The molecule has 43 heavy (non-hydrogen) atoms. The second kappa shape index (κ2) is 11.3. The Morgan fingerprint density at radius 2 is 0.814 bits per heavy atom. The number of anilines is 5. The highest BCUT2D eigenvalue weighted by Crippen LogP contribution is 2.38. The van der Waals surface area contributed by atoms with E-state index in [0.29, 0.717) is 5.69 Å². The molecule has 0 atom stereocenters. The van der Waals surface area contributed by atoms with Gasteiger partial charge in [-0.3, -0.25) is 0 Å².